The van der Waals surface area contributed by atoms with Crippen molar-refractivity contribution in [2.24, 2.45) is 0 Å². The zero-order chi connectivity index (χ0) is 35.5. The van der Waals surface area contributed by atoms with Gasteiger partial charge in [0.25, 0.3) is 0 Å². The molecule has 250 valence electrons. The minimum Gasteiger partial charge on any atom is -0.256 e. The normalized spacial score (nSPS) is 12.9. The maximum absolute atomic E-state index is 4.67. The molecule has 10 rings (SSSR count). The lowest BCUT2D eigenvalue weighted by Crippen LogP contribution is -2.14. The first-order valence-electron chi connectivity index (χ1n) is 18.3. The lowest BCUT2D eigenvalue weighted by molar-refractivity contribution is 0.660. The topological polar surface area (TPSA) is 25.8 Å². The van der Waals surface area contributed by atoms with Crippen molar-refractivity contribution >= 4 is 21.5 Å². The predicted octanol–water partition coefficient (Wildman–Crippen LogP) is 13.4. The monoisotopic (exact) mass is 676 g/mol. The van der Waals surface area contributed by atoms with Gasteiger partial charge in [-0.1, -0.05) is 135 Å². The largest absolute Gasteiger partial charge is 0.256 e. The van der Waals surface area contributed by atoms with Gasteiger partial charge in [0.1, 0.15) is 0 Å². The van der Waals surface area contributed by atoms with Crippen LogP contribution in [0.5, 0.6) is 0 Å². The Kier molecular flexibility index (Phi) is 7.19. The van der Waals surface area contributed by atoms with Gasteiger partial charge in [-0.05, 0) is 126 Å². The van der Waals surface area contributed by atoms with E-state index in [-0.39, 0.29) is 5.41 Å². The molecule has 0 saturated heterocycles. The maximum atomic E-state index is 4.67. The van der Waals surface area contributed by atoms with Gasteiger partial charge in [0, 0.05) is 28.9 Å². The molecule has 53 heavy (non-hydrogen) atoms. The summed E-state index contributed by atoms with van der Waals surface area (Å²) in [6, 6.07) is 61.7. The molecule has 0 atom stereocenters. The third-order valence-corrected chi connectivity index (χ3v) is 11.2. The van der Waals surface area contributed by atoms with E-state index in [1.165, 1.54) is 66.1 Å². The summed E-state index contributed by atoms with van der Waals surface area (Å²) in [5.41, 5.74) is 16.7. The van der Waals surface area contributed by atoms with Gasteiger partial charge in [-0.25, -0.2) is 0 Å². The molecule has 2 aromatic heterocycles. The Morgan fingerprint density at radius 1 is 0.340 bits per heavy atom. The molecular weight excluding hydrogens is 641 g/mol. The highest BCUT2D eigenvalue weighted by Gasteiger charge is 2.35. The molecule has 2 nitrogen and oxygen atoms in total. The number of pyridine rings is 2. The minimum atomic E-state index is -0.0648. The first kappa shape index (κ1) is 31.1. The van der Waals surface area contributed by atoms with Crippen LogP contribution >= 0.6 is 0 Å². The minimum absolute atomic E-state index is 0.0648. The van der Waals surface area contributed by atoms with Crippen molar-refractivity contribution in [3.63, 3.8) is 0 Å². The van der Waals surface area contributed by atoms with Crippen molar-refractivity contribution in [2.75, 3.05) is 0 Å². The Labute approximate surface area is 310 Å². The number of hydrogen-bond donors (Lipinski definition) is 0. The van der Waals surface area contributed by atoms with Gasteiger partial charge in [0.15, 0.2) is 0 Å². The second-order valence-corrected chi connectivity index (χ2v) is 14.6. The first-order chi connectivity index (χ1) is 26.0. The molecule has 0 unspecified atom stereocenters. The summed E-state index contributed by atoms with van der Waals surface area (Å²) >= 11 is 0. The van der Waals surface area contributed by atoms with Crippen LogP contribution in [0.1, 0.15) is 25.0 Å². The fourth-order valence-corrected chi connectivity index (χ4v) is 8.60. The van der Waals surface area contributed by atoms with Crippen molar-refractivity contribution in [2.45, 2.75) is 19.3 Å². The van der Waals surface area contributed by atoms with Crippen molar-refractivity contribution in [3.05, 3.63) is 193 Å². The van der Waals surface area contributed by atoms with Crippen LogP contribution in [0.25, 0.3) is 88.6 Å². The Balaban J connectivity index is 1.12. The molecular formula is C51H36N2. The average Bonchev–Trinajstić information content (AvgIpc) is 3.45. The van der Waals surface area contributed by atoms with E-state index in [9.17, 15) is 0 Å². The summed E-state index contributed by atoms with van der Waals surface area (Å²) in [6.07, 6.45) is 3.70. The van der Waals surface area contributed by atoms with Gasteiger partial charge < -0.3 is 0 Å². The molecule has 1 aliphatic rings. The van der Waals surface area contributed by atoms with E-state index in [2.05, 4.69) is 169 Å². The van der Waals surface area contributed by atoms with Crippen LogP contribution in [0.2, 0.25) is 0 Å². The van der Waals surface area contributed by atoms with E-state index in [0.717, 1.165) is 33.6 Å². The zero-order valence-corrected chi connectivity index (χ0v) is 29.7. The molecule has 2 heteroatoms. The summed E-state index contributed by atoms with van der Waals surface area (Å²) in [4.78, 5) is 9.34. The van der Waals surface area contributed by atoms with Gasteiger partial charge in [-0.3, -0.25) is 9.97 Å². The van der Waals surface area contributed by atoms with Crippen molar-refractivity contribution in [1.29, 1.82) is 0 Å². The Hall–Kier alpha value is -6.64. The van der Waals surface area contributed by atoms with Crippen molar-refractivity contribution < 1.29 is 0 Å². The van der Waals surface area contributed by atoms with E-state index in [1.807, 2.05) is 36.7 Å². The summed E-state index contributed by atoms with van der Waals surface area (Å²) in [7, 11) is 0. The molecule has 2 heterocycles. The number of nitrogens with zero attached hydrogens (tertiary/aromatic N) is 2. The van der Waals surface area contributed by atoms with Crippen LogP contribution < -0.4 is 0 Å². The number of aromatic nitrogens is 2. The lowest BCUT2D eigenvalue weighted by atomic mass is 9.80. The maximum Gasteiger partial charge on any atom is 0.0702 e. The van der Waals surface area contributed by atoms with Gasteiger partial charge in [0.05, 0.1) is 11.4 Å². The first-order valence-corrected chi connectivity index (χ1v) is 18.3. The van der Waals surface area contributed by atoms with Crippen LogP contribution in [0, 0.1) is 0 Å². The average molecular weight is 677 g/mol. The van der Waals surface area contributed by atoms with Crippen LogP contribution in [0.3, 0.4) is 0 Å². The summed E-state index contributed by atoms with van der Waals surface area (Å²) < 4.78 is 0. The standard InChI is InChI=1S/C51H36N2/c1-51(2)45-18-8-7-13-39(45)40-26-25-35(32-46(40)51)50-43-16-5-3-14-41(43)49(42-15-4-6-17-44(42)50)34-23-21-33(22-24-34)36-29-37(47-19-9-11-27-52-47)31-38(30-36)48-20-10-12-28-53-48/h3-32H,1-2H3. The van der Waals surface area contributed by atoms with E-state index in [4.69, 9.17) is 0 Å². The Bertz CT molecular complexity index is 2720. The highest BCUT2D eigenvalue weighted by molar-refractivity contribution is 6.21. The Morgan fingerprint density at radius 2 is 0.792 bits per heavy atom. The van der Waals surface area contributed by atoms with Gasteiger partial charge in [0.2, 0.25) is 0 Å². The van der Waals surface area contributed by atoms with E-state index < -0.39 is 0 Å². The highest BCUT2D eigenvalue weighted by Crippen LogP contribution is 2.51. The van der Waals surface area contributed by atoms with Crippen LogP contribution in [0.4, 0.5) is 0 Å². The quantitative estimate of drug-likeness (QED) is 0.170. The third-order valence-electron chi connectivity index (χ3n) is 11.2. The van der Waals surface area contributed by atoms with Crippen LogP contribution in [-0.4, -0.2) is 9.97 Å². The molecule has 7 aromatic carbocycles. The van der Waals surface area contributed by atoms with E-state index >= 15 is 0 Å². The van der Waals surface area contributed by atoms with Crippen molar-refractivity contribution in [3.8, 4) is 67.0 Å². The van der Waals surface area contributed by atoms with E-state index in [0.29, 0.717) is 0 Å². The smallest absolute Gasteiger partial charge is 0.0702 e. The molecule has 0 N–H and O–H groups in total. The second kappa shape index (κ2) is 12.3. The number of fused-ring (bicyclic) bond motifs is 5. The highest BCUT2D eigenvalue weighted by atomic mass is 14.7. The Morgan fingerprint density at radius 3 is 1.36 bits per heavy atom. The van der Waals surface area contributed by atoms with Gasteiger partial charge >= 0.3 is 0 Å². The molecule has 0 radical (unpaired) electrons. The molecule has 9 aromatic rings. The lowest BCUT2D eigenvalue weighted by Gasteiger charge is -2.23. The summed E-state index contributed by atoms with van der Waals surface area (Å²) in [5, 5.41) is 5.04. The molecule has 0 fully saturated rings. The summed E-state index contributed by atoms with van der Waals surface area (Å²) in [6.45, 7) is 4.72. The van der Waals surface area contributed by atoms with Gasteiger partial charge in [-0.15, -0.1) is 0 Å². The zero-order valence-electron chi connectivity index (χ0n) is 29.7. The van der Waals surface area contributed by atoms with Crippen LogP contribution in [-0.2, 0) is 5.41 Å². The van der Waals surface area contributed by atoms with Gasteiger partial charge in [-0.2, -0.15) is 0 Å². The number of rotatable bonds is 5. The molecule has 0 spiro atoms. The molecule has 0 bridgehead atoms. The second-order valence-electron chi connectivity index (χ2n) is 14.6. The van der Waals surface area contributed by atoms with E-state index in [1.54, 1.807) is 0 Å². The molecule has 0 aliphatic heterocycles. The SMILES string of the molecule is CC1(C)c2ccccc2-c2ccc(-c3c4ccccc4c(-c4ccc(-c5cc(-c6ccccn6)cc(-c6ccccn6)c5)cc4)c4ccccc34)cc21. The summed E-state index contributed by atoms with van der Waals surface area (Å²) in [5.74, 6) is 0. The fourth-order valence-electron chi connectivity index (χ4n) is 8.60. The predicted molar refractivity (Wildman–Crippen MR) is 222 cm³/mol. The molecule has 0 amide bonds. The van der Waals surface area contributed by atoms with Crippen molar-refractivity contribution in [1.82, 2.24) is 9.97 Å². The third kappa shape index (κ3) is 5.10. The fraction of sp³-hybridized carbons (Fsp3) is 0.0588. The molecule has 1 aliphatic carbocycles. The van der Waals surface area contributed by atoms with Crippen LogP contribution in [0.15, 0.2) is 182 Å². The molecule has 0 saturated carbocycles. The number of hydrogen-bond acceptors (Lipinski definition) is 2. The number of benzene rings is 7.